The van der Waals surface area contributed by atoms with Crippen molar-refractivity contribution in [3.8, 4) is 11.5 Å². The molecule has 1 fully saturated rings. The lowest BCUT2D eigenvalue weighted by molar-refractivity contribution is -0.140. The predicted octanol–water partition coefficient (Wildman–Crippen LogP) is 3.81. The molecule has 156 valence electrons. The number of phenolic OH excluding ortho intramolecular Hbond substituents is 1. The number of aromatic hydroxyl groups is 1. The third-order valence-electron chi connectivity index (χ3n) is 4.31. The molecule has 1 aliphatic rings. The molecule has 2 aromatic carbocycles. The van der Waals surface area contributed by atoms with Gasteiger partial charge in [0.25, 0.3) is 5.91 Å². The van der Waals surface area contributed by atoms with Gasteiger partial charge in [0.15, 0.2) is 16.6 Å². The summed E-state index contributed by atoms with van der Waals surface area (Å²) in [6.07, 6.45) is 1.58. The van der Waals surface area contributed by atoms with Crippen LogP contribution in [0.25, 0.3) is 6.08 Å². The van der Waals surface area contributed by atoms with E-state index >= 15 is 0 Å². The number of phenols is 1. The quantitative estimate of drug-likeness (QED) is 0.259. The zero-order valence-electron chi connectivity index (χ0n) is 15.9. The number of esters is 1. The fourth-order valence-corrected chi connectivity index (χ4v) is 3.94. The molecule has 1 aliphatic heterocycles. The van der Waals surface area contributed by atoms with Crippen LogP contribution in [0.15, 0.2) is 42.1 Å². The first kappa shape index (κ1) is 22.3. The molecule has 1 amide bonds. The summed E-state index contributed by atoms with van der Waals surface area (Å²) in [5, 5.41) is 10.7. The fourth-order valence-electron chi connectivity index (χ4n) is 2.84. The minimum absolute atomic E-state index is 0.00252. The smallest absolute Gasteiger partial charge is 0.325 e. The Labute approximate surface area is 197 Å². The van der Waals surface area contributed by atoms with Gasteiger partial charge in [-0.3, -0.25) is 14.5 Å². The molecular weight excluding hydrogens is 543 g/mol. The van der Waals surface area contributed by atoms with Crippen molar-refractivity contribution in [3.63, 3.8) is 0 Å². The molecule has 0 atom stereocenters. The number of anilines is 1. The molecule has 0 unspecified atom stereocenters. The Morgan fingerprint density at radius 2 is 1.93 bits per heavy atom. The zero-order chi connectivity index (χ0) is 22.0. The summed E-state index contributed by atoms with van der Waals surface area (Å²) in [5.41, 5.74) is 1.29. The van der Waals surface area contributed by atoms with E-state index in [9.17, 15) is 14.7 Å². The summed E-state index contributed by atoms with van der Waals surface area (Å²) in [6, 6.07) is 9.89. The molecule has 0 radical (unpaired) electrons. The zero-order valence-corrected chi connectivity index (χ0v) is 19.6. The largest absolute Gasteiger partial charge is 0.504 e. The number of benzene rings is 2. The average Bonchev–Trinajstić information content (AvgIpc) is 2.95. The monoisotopic (exact) mass is 558 g/mol. The third-order valence-corrected chi connectivity index (χ3v) is 5.79. The van der Waals surface area contributed by atoms with Gasteiger partial charge in [0.2, 0.25) is 0 Å². The Bertz CT molecular complexity index is 1060. The summed E-state index contributed by atoms with van der Waals surface area (Å²) < 4.78 is 10.5. The van der Waals surface area contributed by atoms with Crippen LogP contribution in [0.4, 0.5) is 5.69 Å². The molecule has 7 nitrogen and oxygen atoms in total. The third kappa shape index (κ3) is 4.37. The van der Waals surface area contributed by atoms with Gasteiger partial charge in [-0.05, 0) is 82.8 Å². The van der Waals surface area contributed by atoms with Crippen molar-refractivity contribution >= 4 is 75.2 Å². The minimum atomic E-state index is -0.549. The van der Waals surface area contributed by atoms with Crippen LogP contribution in [-0.2, 0) is 14.3 Å². The maximum Gasteiger partial charge on any atom is 0.325 e. The topological polar surface area (TPSA) is 79.3 Å². The second kappa shape index (κ2) is 9.19. The molecule has 1 N–H and O–H groups in total. The summed E-state index contributed by atoms with van der Waals surface area (Å²) in [4.78, 5) is 27.9. The number of thiocarbonyl (C=S) groups is 1. The molecule has 0 aromatic heterocycles. The number of carbonyl (C=O) groups excluding carboxylic acids is 2. The van der Waals surface area contributed by atoms with Crippen LogP contribution in [0.5, 0.6) is 11.5 Å². The van der Waals surface area contributed by atoms with Gasteiger partial charge in [-0.25, -0.2) is 0 Å². The van der Waals surface area contributed by atoms with E-state index in [2.05, 4.69) is 0 Å². The molecular formula is C20H16ClIN2O5S. The molecule has 30 heavy (non-hydrogen) atoms. The van der Waals surface area contributed by atoms with E-state index in [4.69, 9.17) is 33.3 Å². The molecule has 1 heterocycles. The number of nitrogens with zero attached hydrogens (tertiary/aromatic N) is 2. The molecule has 0 bridgehead atoms. The molecule has 1 saturated heterocycles. The second-order valence-electron chi connectivity index (χ2n) is 6.15. The SMILES string of the molecule is COC(=O)CN1C(=S)N(c2ccc(Cl)cc2)C(=O)/C1=C/c1cc(I)c(O)c(OC)c1. The normalized spacial score (nSPS) is 15.1. The van der Waals surface area contributed by atoms with Crippen molar-refractivity contribution in [2.24, 2.45) is 0 Å². The summed E-state index contributed by atoms with van der Waals surface area (Å²) >= 11 is 13.4. The lowest BCUT2D eigenvalue weighted by Gasteiger charge is -2.19. The highest BCUT2D eigenvalue weighted by atomic mass is 127. The number of carbonyl (C=O) groups is 2. The van der Waals surface area contributed by atoms with Gasteiger partial charge in [0.05, 0.1) is 23.5 Å². The van der Waals surface area contributed by atoms with Crippen LogP contribution in [-0.4, -0.2) is 47.8 Å². The van der Waals surface area contributed by atoms with Crippen molar-refractivity contribution in [1.82, 2.24) is 4.90 Å². The Balaban J connectivity index is 2.09. The van der Waals surface area contributed by atoms with E-state index in [1.807, 2.05) is 22.6 Å². The van der Waals surface area contributed by atoms with Gasteiger partial charge >= 0.3 is 5.97 Å². The van der Waals surface area contributed by atoms with Gasteiger partial charge in [-0.1, -0.05) is 11.6 Å². The summed E-state index contributed by atoms with van der Waals surface area (Å²) in [6.45, 7) is -0.233. The van der Waals surface area contributed by atoms with Gasteiger partial charge < -0.3 is 19.5 Å². The molecule has 0 aliphatic carbocycles. The van der Waals surface area contributed by atoms with Crippen molar-refractivity contribution in [2.75, 3.05) is 25.7 Å². The van der Waals surface area contributed by atoms with Crippen molar-refractivity contribution < 1.29 is 24.2 Å². The van der Waals surface area contributed by atoms with E-state index in [1.165, 1.54) is 24.0 Å². The Hall–Kier alpha value is -2.37. The van der Waals surface area contributed by atoms with E-state index in [0.717, 1.165) is 0 Å². The first-order valence-electron chi connectivity index (χ1n) is 8.53. The van der Waals surface area contributed by atoms with E-state index in [-0.39, 0.29) is 28.9 Å². The number of amides is 1. The van der Waals surface area contributed by atoms with Crippen LogP contribution < -0.4 is 9.64 Å². The summed E-state index contributed by atoms with van der Waals surface area (Å²) in [5.74, 6) is -0.696. The fraction of sp³-hybridized carbons (Fsp3) is 0.150. The lowest BCUT2D eigenvalue weighted by Crippen LogP contribution is -2.35. The highest BCUT2D eigenvalue weighted by Crippen LogP contribution is 2.35. The number of halogens is 2. The number of hydrogen-bond donors (Lipinski definition) is 1. The van der Waals surface area contributed by atoms with Gasteiger partial charge in [-0.2, -0.15) is 0 Å². The standard InChI is InChI=1S/C20H16ClIN2O5S/c1-28-16-9-11(7-14(22)18(16)26)8-15-19(27)24(13-5-3-12(21)4-6-13)20(30)23(15)10-17(25)29-2/h3-9,26H,10H2,1-2H3/b15-8-. The molecule has 10 heteroatoms. The Morgan fingerprint density at radius 1 is 1.27 bits per heavy atom. The number of ether oxygens (including phenoxy) is 2. The minimum Gasteiger partial charge on any atom is -0.504 e. The maximum absolute atomic E-state index is 13.3. The number of hydrogen-bond acceptors (Lipinski definition) is 6. The highest BCUT2D eigenvalue weighted by molar-refractivity contribution is 14.1. The molecule has 3 rings (SSSR count). The van der Waals surface area contributed by atoms with Crippen molar-refractivity contribution in [3.05, 3.63) is 56.3 Å². The van der Waals surface area contributed by atoms with Crippen LogP contribution in [0, 0.1) is 3.57 Å². The highest BCUT2D eigenvalue weighted by Gasteiger charge is 2.40. The maximum atomic E-state index is 13.3. The average molecular weight is 559 g/mol. The van der Waals surface area contributed by atoms with Gasteiger partial charge in [0, 0.05) is 5.02 Å². The van der Waals surface area contributed by atoms with E-state index in [1.54, 1.807) is 42.5 Å². The van der Waals surface area contributed by atoms with E-state index in [0.29, 0.717) is 19.8 Å². The molecule has 0 saturated carbocycles. The Morgan fingerprint density at radius 3 is 2.53 bits per heavy atom. The first-order valence-corrected chi connectivity index (χ1v) is 10.4. The van der Waals surface area contributed by atoms with E-state index < -0.39 is 11.9 Å². The van der Waals surface area contributed by atoms with Crippen LogP contribution >= 0.6 is 46.4 Å². The van der Waals surface area contributed by atoms with Crippen LogP contribution in [0.3, 0.4) is 0 Å². The summed E-state index contributed by atoms with van der Waals surface area (Å²) in [7, 11) is 2.69. The van der Waals surface area contributed by atoms with Crippen LogP contribution in [0.2, 0.25) is 5.02 Å². The van der Waals surface area contributed by atoms with Gasteiger partial charge in [0.1, 0.15) is 12.2 Å². The lowest BCUT2D eigenvalue weighted by atomic mass is 10.1. The van der Waals surface area contributed by atoms with Gasteiger partial charge in [-0.15, -0.1) is 0 Å². The van der Waals surface area contributed by atoms with Crippen LogP contribution in [0.1, 0.15) is 5.56 Å². The van der Waals surface area contributed by atoms with Crippen molar-refractivity contribution in [2.45, 2.75) is 0 Å². The second-order valence-corrected chi connectivity index (χ2v) is 8.11. The number of rotatable bonds is 5. The number of methoxy groups -OCH3 is 2. The molecule has 2 aromatic rings. The Kier molecular flexibility index (Phi) is 6.84. The molecule has 0 spiro atoms. The van der Waals surface area contributed by atoms with Crippen molar-refractivity contribution in [1.29, 1.82) is 0 Å². The first-order chi connectivity index (χ1) is 14.3. The predicted molar refractivity (Wildman–Crippen MR) is 126 cm³/mol.